The summed E-state index contributed by atoms with van der Waals surface area (Å²) in [5.74, 6) is 0.690. The van der Waals surface area contributed by atoms with Crippen molar-refractivity contribution >= 4 is 11.8 Å². The molecule has 0 amide bonds. The molecule has 1 aromatic rings. The molecule has 1 atom stereocenters. The standard InChI is InChI=1S/C11H13FN2OS/c12-9-2-1-3-14-10(9)15-8-4-11(16-5-8)6-13-7-11/h1-3,8,13H,4-7H2/t8-/m0/s1. The number of aromatic nitrogens is 1. The maximum absolute atomic E-state index is 13.3. The first kappa shape index (κ1) is 10.4. The quantitative estimate of drug-likeness (QED) is 0.848. The van der Waals surface area contributed by atoms with Gasteiger partial charge in [0.05, 0.1) is 0 Å². The van der Waals surface area contributed by atoms with Crippen LogP contribution in [0, 0.1) is 5.82 Å². The molecule has 5 heteroatoms. The third-order valence-corrected chi connectivity index (χ3v) is 4.68. The molecule has 0 unspecified atom stereocenters. The van der Waals surface area contributed by atoms with E-state index in [0.717, 1.165) is 25.3 Å². The number of thioether (sulfide) groups is 1. The fraction of sp³-hybridized carbons (Fsp3) is 0.545. The molecular formula is C11H13FN2OS. The zero-order chi connectivity index (χ0) is 11.0. The van der Waals surface area contributed by atoms with Crippen LogP contribution in [0.1, 0.15) is 6.42 Å². The molecule has 1 N–H and O–H groups in total. The van der Waals surface area contributed by atoms with Gasteiger partial charge in [0.25, 0.3) is 5.88 Å². The molecule has 0 radical (unpaired) electrons. The van der Waals surface area contributed by atoms with E-state index in [4.69, 9.17) is 4.74 Å². The second-order valence-electron chi connectivity index (χ2n) is 4.33. The van der Waals surface area contributed by atoms with Crippen LogP contribution in [-0.2, 0) is 0 Å². The van der Waals surface area contributed by atoms with Crippen molar-refractivity contribution in [2.45, 2.75) is 17.3 Å². The van der Waals surface area contributed by atoms with Crippen molar-refractivity contribution in [2.24, 2.45) is 0 Å². The molecule has 2 aliphatic heterocycles. The van der Waals surface area contributed by atoms with Crippen molar-refractivity contribution in [2.75, 3.05) is 18.8 Å². The summed E-state index contributed by atoms with van der Waals surface area (Å²) in [5.41, 5.74) is 0. The Morgan fingerprint density at radius 3 is 3.06 bits per heavy atom. The van der Waals surface area contributed by atoms with Crippen molar-refractivity contribution in [1.29, 1.82) is 0 Å². The summed E-state index contributed by atoms with van der Waals surface area (Å²) in [4.78, 5) is 3.91. The first-order valence-electron chi connectivity index (χ1n) is 5.39. The Labute approximate surface area is 97.8 Å². The molecule has 3 rings (SSSR count). The van der Waals surface area contributed by atoms with Crippen molar-refractivity contribution in [1.82, 2.24) is 10.3 Å². The summed E-state index contributed by atoms with van der Waals surface area (Å²) in [6.07, 6.45) is 2.64. The van der Waals surface area contributed by atoms with Gasteiger partial charge in [-0.05, 0) is 12.1 Å². The van der Waals surface area contributed by atoms with Gasteiger partial charge in [0.15, 0.2) is 5.82 Å². The Morgan fingerprint density at radius 2 is 2.44 bits per heavy atom. The largest absolute Gasteiger partial charge is 0.471 e. The van der Waals surface area contributed by atoms with E-state index in [2.05, 4.69) is 10.3 Å². The third kappa shape index (κ3) is 1.78. The fourth-order valence-corrected chi connectivity index (χ4v) is 3.58. The van der Waals surface area contributed by atoms with Crippen LogP contribution in [-0.4, -0.2) is 34.7 Å². The minimum atomic E-state index is -0.375. The Hall–Kier alpha value is -0.810. The summed E-state index contributed by atoms with van der Waals surface area (Å²) in [7, 11) is 0. The number of nitrogens with one attached hydrogen (secondary N) is 1. The number of rotatable bonds is 2. The van der Waals surface area contributed by atoms with Gasteiger partial charge in [-0.1, -0.05) is 0 Å². The Bertz CT molecular complexity index is 397. The molecule has 2 fully saturated rings. The SMILES string of the molecule is Fc1cccnc1O[C@@H]1CSC2(CNC2)C1. The number of hydrogen-bond acceptors (Lipinski definition) is 4. The van der Waals surface area contributed by atoms with E-state index in [1.807, 2.05) is 11.8 Å². The van der Waals surface area contributed by atoms with Crippen LogP contribution in [0.15, 0.2) is 18.3 Å². The van der Waals surface area contributed by atoms with Crippen LogP contribution in [0.5, 0.6) is 5.88 Å². The monoisotopic (exact) mass is 240 g/mol. The van der Waals surface area contributed by atoms with Gasteiger partial charge in [0.2, 0.25) is 0 Å². The first-order chi connectivity index (χ1) is 7.77. The van der Waals surface area contributed by atoms with Gasteiger partial charge in [-0.3, -0.25) is 0 Å². The van der Waals surface area contributed by atoms with E-state index in [-0.39, 0.29) is 17.8 Å². The van der Waals surface area contributed by atoms with Crippen LogP contribution in [0.4, 0.5) is 4.39 Å². The molecule has 86 valence electrons. The van der Waals surface area contributed by atoms with Gasteiger partial charge in [-0.15, -0.1) is 11.8 Å². The minimum Gasteiger partial charge on any atom is -0.471 e. The lowest BCUT2D eigenvalue weighted by molar-refractivity contribution is 0.180. The zero-order valence-electron chi connectivity index (χ0n) is 8.78. The number of pyridine rings is 1. The molecule has 0 aromatic carbocycles. The summed E-state index contributed by atoms with van der Waals surface area (Å²) >= 11 is 1.93. The minimum absolute atomic E-state index is 0.0940. The van der Waals surface area contributed by atoms with Crippen LogP contribution in [0.3, 0.4) is 0 Å². The van der Waals surface area contributed by atoms with Crippen LogP contribution < -0.4 is 10.1 Å². The molecule has 1 aromatic heterocycles. The Morgan fingerprint density at radius 1 is 1.56 bits per heavy atom. The summed E-state index contributed by atoms with van der Waals surface area (Å²) in [6, 6.07) is 2.95. The van der Waals surface area contributed by atoms with E-state index in [0.29, 0.717) is 4.75 Å². The average molecular weight is 240 g/mol. The summed E-state index contributed by atoms with van der Waals surface area (Å²) in [5, 5.41) is 3.27. The molecular weight excluding hydrogens is 227 g/mol. The Balaban J connectivity index is 1.66. The van der Waals surface area contributed by atoms with Gasteiger partial charge >= 0.3 is 0 Å². The lowest BCUT2D eigenvalue weighted by Gasteiger charge is -2.38. The number of ether oxygens (including phenoxy) is 1. The van der Waals surface area contributed by atoms with E-state index < -0.39 is 0 Å². The molecule has 1 spiro atoms. The predicted molar refractivity (Wildman–Crippen MR) is 61.3 cm³/mol. The second-order valence-corrected chi connectivity index (χ2v) is 5.82. The first-order valence-corrected chi connectivity index (χ1v) is 6.38. The third-order valence-electron chi connectivity index (χ3n) is 3.07. The lowest BCUT2D eigenvalue weighted by Crippen LogP contribution is -2.56. The molecule has 16 heavy (non-hydrogen) atoms. The lowest BCUT2D eigenvalue weighted by atomic mass is 9.96. The zero-order valence-corrected chi connectivity index (χ0v) is 9.60. The number of nitrogens with zero attached hydrogens (tertiary/aromatic N) is 1. The molecule has 2 saturated heterocycles. The average Bonchev–Trinajstić information content (AvgIpc) is 2.65. The summed E-state index contributed by atoms with van der Waals surface area (Å²) in [6.45, 7) is 2.09. The van der Waals surface area contributed by atoms with Gasteiger partial charge < -0.3 is 10.1 Å². The van der Waals surface area contributed by atoms with Crippen LogP contribution in [0.25, 0.3) is 0 Å². The van der Waals surface area contributed by atoms with E-state index in [9.17, 15) is 4.39 Å². The van der Waals surface area contributed by atoms with Gasteiger partial charge in [0, 0.05) is 36.2 Å². The smallest absolute Gasteiger partial charge is 0.250 e. The van der Waals surface area contributed by atoms with Crippen molar-refractivity contribution in [3.8, 4) is 5.88 Å². The maximum atomic E-state index is 13.3. The Kier molecular flexibility index (Phi) is 2.52. The molecule has 0 aliphatic carbocycles. The highest BCUT2D eigenvalue weighted by Gasteiger charge is 2.45. The van der Waals surface area contributed by atoms with Crippen LogP contribution in [0.2, 0.25) is 0 Å². The van der Waals surface area contributed by atoms with Crippen LogP contribution >= 0.6 is 11.8 Å². The van der Waals surface area contributed by atoms with Crippen molar-refractivity contribution in [3.63, 3.8) is 0 Å². The van der Waals surface area contributed by atoms with E-state index in [1.165, 1.54) is 6.07 Å². The number of halogens is 1. The van der Waals surface area contributed by atoms with Gasteiger partial charge in [-0.2, -0.15) is 0 Å². The highest BCUT2D eigenvalue weighted by Crippen LogP contribution is 2.42. The highest BCUT2D eigenvalue weighted by molar-refractivity contribution is 8.01. The topological polar surface area (TPSA) is 34.1 Å². The fourth-order valence-electron chi connectivity index (χ4n) is 2.14. The van der Waals surface area contributed by atoms with Crippen molar-refractivity contribution in [3.05, 3.63) is 24.1 Å². The molecule has 3 heterocycles. The second kappa shape index (κ2) is 3.89. The van der Waals surface area contributed by atoms with E-state index >= 15 is 0 Å². The highest BCUT2D eigenvalue weighted by atomic mass is 32.2. The molecule has 0 bridgehead atoms. The molecule has 0 saturated carbocycles. The van der Waals surface area contributed by atoms with Crippen molar-refractivity contribution < 1.29 is 9.13 Å². The summed E-state index contributed by atoms with van der Waals surface area (Å²) < 4.78 is 19.3. The maximum Gasteiger partial charge on any atom is 0.250 e. The normalized spacial score (nSPS) is 26.7. The van der Waals surface area contributed by atoms with E-state index in [1.54, 1.807) is 12.3 Å². The predicted octanol–water partition coefficient (Wildman–Crippen LogP) is 1.45. The molecule has 2 aliphatic rings. The molecule has 3 nitrogen and oxygen atoms in total. The number of hydrogen-bond donors (Lipinski definition) is 1. The van der Waals surface area contributed by atoms with Gasteiger partial charge in [0.1, 0.15) is 6.10 Å². The van der Waals surface area contributed by atoms with Gasteiger partial charge in [-0.25, -0.2) is 9.37 Å².